The zero-order chi connectivity index (χ0) is 22.1. The van der Waals surface area contributed by atoms with E-state index in [0.717, 1.165) is 17.5 Å². The number of carbonyl (C=O) groups excluding carboxylic acids is 2. The summed E-state index contributed by atoms with van der Waals surface area (Å²) < 4.78 is 0. The SMILES string of the molecule is CC[C@@H](C)NC(=O)[C@H](CC)N(CCc1ccccc1)C(=O)Cc1ccc(Cl)c(Cl)c1. The summed E-state index contributed by atoms with van der Waals surface area (Å²) in [6, 6.07) is 14.7. The van der Waals surface area contributed by atoms with Crippen LogP contribution in [-0.4, -0.2) is 35.3 Å². The molecule has 0 bridgehead atoms. The van der Waals surface area contributed by atoms with Crippen molar-refractivity contribution >= 4 is 35.0 Å². The van der Waals surface area contributed by atoms with E-state index in [1.165, 1.54) is 0 Å². The van der Waals surface area contributed by atoms with Crippen LogP contribution in [0.25, 0.3) is 0 Å². The van der Waals surface area contributed by atoms with Gasteiger partial charge in [-0.1, -0.05) is 73.4 Å². The van der Waals surface area contributed by atoms with Crippen LogP contribution in [0.15, 0.2) is 48.5 Å². The highest BCUT2D eigenvalue weighted by Crippen LogP contribution is 2.23. The van der Waals surface area contributed by atoms with E-state index in [1.54, 1.807) is 23.1 Å². The first-order valence-electron chi connectivity index (χ1n) is 10.4. The van der Waals surface area contributed by atoms with Gasteiger partial charge in [0.05, 0.1) is 16.5 Å². The fraction of sp³-hybridized carbons (Fsp3) is 0.417. The molecule has 162 valence electrons. The highest BCUT2D eigenvalue weighted by atomic mass is 35.5. The number of carbonyl (C=O) groups is 2. The standard InChI is InChI=1S/C24H30Cl2N2O2/c1-4-17(3)27-24(30)22(5-2)28(14-13-18-9-7-6-8-10-18)23(29)16-19-11-12-20(25)21(26)15-19/h6-12,15,17,22H,4-5,13-14,16H2,1-3H3,(H,27,30)/t17-,22+/m1/s1. The largest absolute Gasteiger partial charge is 0.352 e. The van der Waals surface area contributed by atoms with Gasteiger partial charge in [-0.3, -0.25) is 9.59 Å². The minimum absolute atomic E-state index is 0.0627. The van der Waals surface area contributed by atoms with E-state index in [2.05, 4.69) is 5.32 Å². The molecule has 2 amide bonds. The monoisotopic (exact) mass is 448 g/mol. The molecule has 4 nitrogen and oxygen atoms in total. The van der Waals surface area contributed by atoms with Gasteiger partial charge in [0, 0.05) is 12.6 Å². The third-order valence-corrected chi connectivity index (χ3v) is 5.95. The second kappa shape index (κ2) is 12.0. The molecule has 30 heavy (non-hydrogen) atoms. The normalized spacial score (nSPS) is 12.8. The van der Waals surface area contributed by atoms with Crippen LogP contribution in [0, 0.1) is 0 Å². The van der Waals surface area contributed by atoms with Crippen molar-refractivity contribution in [2.24, 2.45) is 0 Å². The Labute approximate surface area is 189 Å². The van der Waals surface area contributed by atoms with Crippen LogP contribution in [0.5, 0.6) is 0 Å². The van der Waals surface area contributed by atoms with Crippen LogP contribution in [0.3, 0.4) is 0 Å². The van der Waals surface area contributed by atoms with E-state index in [0.29, 0.717) is 29.4 Å². The number of hydrogen-bond acceptors (Lipinski definition) is 2. The van der Waals surface area contributed by atoms with Gasteiger partial charge >= 0.3 is 0 Å². The maximum absolute atomic E-state index is 13.3. The third kappa shape index (κ3) is 7.03. The summed E-state index contributed by atoms with van der Waals surface area (Å²) in [5.74, 6) is -0.210. The number of benzene rings is 2. The van der Waals surface area contributed by atoms with E-state index in [1.807, 2.05) is 51.1 Å². The zero-order valence-corrected chi connectivity index (χ0v) is 19.3. The Morgan fingerprint density at radius 2 is 1.67 bits per heavy atom. The van der Waals surface area contributed by atoms with Crippen LogP contribution in [-0.2, 0) is 22.4 Å². The van der Waals surface area contributed by atoms with Gasteiger partial charge in [-0.25, -0.2) is 0 Å². The lowest BCUT2D eigenvalue weighted by atomic mass is 10.1. The molecule has 0 aliphatic rings. The second-order valence-corrected chi connectivity index (χ2v) is 8.30. The summed E-state index contributed by atoms with van der Waals surface area (Å²) in [4.78, 5) is 27.9. The van der Waals surface area contributed by atoms with Crippen LogP contribution >= 0.6 is 23.2 Å². The van der Waals surface area contributed by atoms with Crippen molar-refractivity contribution in [1.82, 2.24) is 10.2 Å². The minimum Gasteiger partial charge on any atom is -0.352 e. The van der Waals surface area contributed by atoms with Crippen molar-refractivity contribution < 1.29 is 9.59 Å². The molecule has 0 radical (unpaired) electrons. The van der Waals surface area contributed by atoms with Crippen molar-refractivity contribution in [3.8, 4) is 0 Å². The first kappa shape index (κ1) is 24.2. The summed E-state index contributed by atoms with van der Waals surface area (Å²) in [6.07, 6.45) is 2.23. The molecule has 2 aromatic rings. The Kier molecular flexibility index (Phi) is 9.67. The molecule has 0 saturated carbocycles. The van der Waals surface area contributed by atoms with Crippen LogP contribution < -0.4 is 5.32 Å². The average Bonchev–Trinajstić information content (AvgIpc) is 2.74. The lowest BCUT2D eigenvalue weighted by Gasteiger charge is -2.31. The summed E-state index contributed by atoms with van der Waals surface area (Å²) in [7, 11) is 0. The quantitative estimate of drug-likeness (QED) is 0.535. The van der Waals surface area contributed by atoms with E-state index in [-0.39, 0.29) is 24.3 Å². The highest BCUT2D eigenvalue weighted by Gasteiger charge is 2.28. The van der Waals surface area contributed by atoms with Crippen LogP contribution in [0.4, 0.5) is 0 Å². The minimum atomic E-state index is -0.516. The summed E-state index contributed by atoms with van der Waals surface area (Å²) >= 11 is 12.1. The molecule has 0 unspecified atom stereocenters. The van der Waals surface area contributed by atoms with Crippen molar-refractivity contribution in [3.05, 3.63) is 69.7 Å². The van der Waals surface area contributed by atoms with Crippen molar-refractivity contribution in [2.75, 3.05) is 6.54 Å². The zero-order valence-electron chi connectivity index (χ0n) is 17.8. The van der Waals surface area contributed by atoms with Crippen LogP contribution in [0.1, 0.15) is 44.7 Å². The van der Waals surface area contributed by atoms with E-state index in [9.17, 15) is 9.59 Å². The maximum atomic E-state index is 13.3. The van der Waals surface area contributed by atoms with Gasteiger partial charge < -0.3 is 10.2 Å². The highest BCUT2D eigenvalue weighted by molar-refractivity contribution is 6.42. The fourth-order valence-electron chi connectivity index (χ4n) is 3.26. The molecule has 0 heterocycles. The predicted octanol–water partition coefficient (Wildman–Crippen LogP) is 5.30. The van der Waals surface area contributed by atoms with E-state index < -0.39 is 6.04 Å². The molecule has 0 aliphatic carbocycles. The number of nitrogens with zero attached hydrogens (tertiary/aromatic N) is 1. The average molecular weight is 449 g/mol. The Morgan fingerprint density at radius 1 is 0.967 bits per heavy atom. The number of halogens is 2. The molecule has 2 atom stereocenters. The Morgan fingerprint density at radius 3 is 2.27 bits per heavy atom. The number of rotatable bonds is 10. The van der Waals surface area contributed by atoms with Gasteiger partial charge in [-0.15, -0.1) is 0 Å². The Bertz CT molecular complexity index is 842. The molecular formula is C24H30Cl2N2O2. The Hall–Kier alpha value is -2.04. The fourth-order valence-corrected chi connectivity index (χ4v) is 3.58. The van der Waals surface area contributed by atoms with E-state index >= 15 is 0 Å². The molecule has 6 heteroatoms. The number of nitrogens with one attached hydrogen (secondary N) is 1. The molecule has 0 aliphatic heterocycles. The van der Waals surface area contributed by atoms with Crippen LogP contribution in [0.2, 0.25) is 10.0 Å². The Balaban J connectivity index is 2.22. The van der Waals surface area contributed by atoms with Crippen molar-refractivity contribution in [1.29, 1.82) is 0 Å². The summed E-state index contributed by atoms with van der Waals surface area (Å²) in [5.41, 5.74) is 1.90. The molecule has 1 N–H and O–H groups in total. The van der Waals surface area contributed by atoms with Crippen molar-refractivity contribution in [2.45, 2.75) is 58.5 Å². The number of hydrogen-bond donors (Lipinski definition) is 1. The molecule has 0 fully saturated rings. The van der Waals surface area contributed by atoms with Gasteiger partial charge in [-0.2, -0.15) is 0 Å². The third-order valence-electron chi connectivity index (χ3n) is 5.21. The lowest BCUT2D eigenvalue weighted by molar-refractivity contribution is -0.140. The molecule has 2 aromatic carbocycles. The smallest absolute Gasteiger partial charge is 0.243 e. The summed E-state index contributed by atoms with van der Waals surface area (Å²) in [6.45, 7) is 6.39. The summed E-state index contributed by atoms with van der Waals surface area (Å²) in [5, 5.41) is 3.89. The molecule has 0 spiro atoms. The van der Waals surface area contributed by atoms with E-state index in [4.69, 9.17) is 23.2 Å². The van der Waals surface area contributed by atoms with Gasteiger partial charge in [0.2, 0.25) is 11.8 Å². The molecule has 2 rings (SSSR count). The molecular weight excluding hydrogens is 419 g/mol. The topological polar surface area (TPSA) is 49.4 Å². The predicted molar refractivity (Wildman–Crippen MR) is 124 cm³/mol. The molecule has 0 aromatic heterocycles. The number of amides is 2. The van der Waals surface area contributed by atoms with Gasteiger partial charge in [0.15, 0.2) is 0 Å². The van der Waals surface area contributed by atoms with Crippen molar-refractivity contribution in [3.63, 3.8) is 0 Å². The maximum Gasteiger partial charge on any atom is 0.243 e. The van der Waals surface area contributed by atoms with Gasteiger partial charge in [-0.05, 0) is 49.4 Å². The lowest BCUT2D eigenvalue weighted by Crippen LogP contribution is -2.52. The second-order valence-electron chi connectivity index (χ2n) is 7.49. The van der Waals surface area contributed by atoms with Gasteiger partial charge in [0.25, 0.3) is 0 Å². The first-order chi connectivity index (χ1) is 14.3. The van der Waals surface area contributed by atoms with Gasteiger partial charge in [0.1, 0.15) is 6.04 Å². The molecule has 0 saturated heterocycles. The first-order valence-corrected chi connectivity index (χ1v) is 11.2.